The molecule has 5 heteroatoms. The number of carbonyl (C=O) groups is 2. The molecule has 0 heterocycles. The minimum atomic E-state index is -0.910. The normalized spacial score (nSPS) is 14.2. The molecule has 5 nitrogen and oxygen atoms in total. The summed E-state index contributed by atoms with van der Waals surface area (Å²) in [5.74, 6) is -1.10. The smallest absolute Gasteiger partial charge is 0.305 e. The van der Waals surface area contributed by atoms with Crippen molar-refractivity contribution in [2.24, 2.45) is 5.41 Å². The van der Waals surface area contributed by atoms with Gasteiger partial charge in [-0.1, -0.05) is 20.8 Å². The van der Waals surface area contributed by atoms with Gasteiger partial charge >= 0.3 is 5.97 Å². The quantitative estimate of drug-likeness (QED) is 0.674. The predicted octanol–water partition coefficient (Wildman–Crippen LogP) is 0.990. The van der Waals surface area contributed by atoms with Crippen molar-refractivity contribution in [2.75, 3.05) is 7.05 Å². The predicted molar refractivity (Wildman–Crippen MR) is 66.8 cm³/mol. The summed E-state index contributed by atoms with van der Waals surface area (Å²) in [5, 5.41) is 14.5. The fourth-order valence-electron chi connectivity index (χ4n) is 1.20. The lowest BCUT2D eigenvalue weighted by molar-refractivity contribution is -0.138. The summed E-state index contributed by atoms with van der Waals surface area (Å²) in [6, 6.07) is -0.389. The Balaban J connectivity index is 4.77. The first-order valence-electron chi connectivity index (χ1n) is 5.72. The summed E-state index contributed by atoms with van der Waals surface area (Å²) in [6.07, 6.45) is -0.0744. The molecular formula is C12H24N2O3. The van der Waals surface area contributed by atoms with Crippen LogP contribution in [-0.4, -0.2) is 35.6 Å². The molecule has 0 aliphatic carbocycles. The van der Waals surface area contributed by atoms with Crippen molar-refractivity contribution < 1.29 is 14.7 Å². The molecule has 0 fully saturated rings. The molecule has 0 rings (SSSR count). The van der Waals surface area contributed by atoms with Crippen LogP contribution < -0.4 is 10.6 Å². The number of rotatable bonds is 5. The Hall–Kier alpha value is -1.10. The van der Waals surface area contributed by atoms with E-state index in [0.29, 0.717) is 0 Å². The van der Waals surface area contributed by atoms with Crippen LogP contribution in [0.2, 0.25) is 0 Å². The van der Waals surface area contributed by atoms with Gasteiger partial charge in [0.2, 0.25) is 5.91 Å². The van der Waals surface area contributed by atoms with E-state index in [1.807, 2.05) is 20.8 Å². The van der Waals surface area contributed by atoms with Crippen LogP contribution in [0.15, 0.2) is 0 Å². The number of amides is 1. The van der Waals surface area contributed by atoms with Gasteiger partial charge in [-0.15, -0.1) is 0 Å². The molecule has 3 N–H and O–H groups in total. The van der Waals surface area contributed by atoms with Gasteiger partial charge in [0.1, 0.15) is 0 Å². The number of carboxylic acid groups (broad SMARTS) is 1. The number of carboxylic acids is 1. The zero-order chi connectivity index (χ0) is 13.9. The van der Waals surface area contributed by atoms with E-state index in [1.54, 1.807) is 20.9 Å². The molecule has 0 aromatic rings. The van der Waals surface area contributed by atoms with Gasteiger partial charge in [-0.05, 0) is 26.3 Å². The van der Waals surface area contributed by atoms with E-state index in [2.05, 4.69) is 10.6 Å². The zero-order valence-electron chi connectivity index (χ0n) is 11.5. The molecule has 0 bridgehead atoms. The van der Waals surface area contributed by atoms with Crippen molar-refractivity contribution in [1.29, 1.82) is 0 Å². The fraction of sp³-hybridized carbons (Fsp3) is 0.833. The van der Waals surface area contributed by atoms with Gasteiger partial charge in [0.05, 0.1) is 12.0 Å². The molecule has 0 aromatic heterocycles. The Kier molecular flexibility index (Phi) is 5.13. The van der Waals surface area contributed by atoms with E-state index in [-0.39, 0.29) is 23.8 Å². The largest absolute Gasteiger partial charge is 0.481 e. The molecule has 1 amide bonds. The van der Waals surface area contributed by atoms with E-state index < -0.39 is 11.5 Å². The number of hydrogen-bond acceptors (Lipinski definition) is 3. The molecule has 0 saturated heterocycles. The third-order valence-electron chi connectivity index (χ3n) is 2.92. The second-order valence-electron chi connectivity index (χ2n) is 5.86. The van der Waals surface area contributed by atoms with Crippen molar-refractivity contribution in [3.63, 3.8) is 0 Å². The average Bonchev–Trinajstić information content (AvgIpc) is 2.14. The molecule has 0 aliphatic rings. The maximum atomic E-state index is 12.0. The molecule has 0 aromatic carbocycles. The van der Waals surface area contributed by atoms with Gasteiger partial charge in [-0.25, -0.2) is 0 Å². The summed E-state index contributed by atoms with van der Waals surface area (Å²) in [6.45, 7) is 9.24. The fourth-order valence-corrected chi connectivity index (χ4v) is 1.20. The molecule has 0 radical (unpaired) electrons. The van der Waals surface area contributed by atoms with Crippen LogP contribution in [0.1, 0.15) is 41.0 Å². The van der Waals surface area contributed by atoms with Crippen molar-refractivity contribution in [3.8, 4) is 0 Å². The second-order valence-corrected chi connectivity index (χ2v) is 5.86. The minimum absolute atomic E-state index is 0.0744. The van der Waals surface area contributed by atoms with Crippen LogP contribution in [0.5, 0.6) is 0 Å². The van der Waals surface area contributed by atoms with E-state index in [4.69, 9.17) is 5.11 Å². The summed E-state index contributed by atoms with van der Waals surface area (Å²) in [4.78, 5) is 22.8. The van der Waals surface area contributed by atoms with Gasteiger partial charge in [-0.3, -0.25) is 9.59 Å². The number of likely N-dealkylation sites (N-methyl/N-ethyl adjacent to an activating group) is 1. The maximum absolute atomic E-state index is 12.0. The van der Waals surface area contributed by atoms with Crippen LogP contribution in [-0.2, 0) is 9.59 Å². The van der Waals surface area contributed by atoms with Crippen molar-refractivity contribution >= 4 is 11.9 Å². The average molecular weight is 244 g/mol. The zero-order valence-corrected chi connectivity index (χ0v) is 11.5. The van der Waals surface area contributed by atoms with Gasteiger partial charge < -0.3 is 15.7 Å². The topological polar surface area (TPSA) is 78.4 Å². The number of aliphatic carboxylic acids is 1. The molecule has 1 atom stereocenters. The molecule has 1 unspecified atom stereocenters. The standard InChI is InChI=1S/C12H24N2O3/c1-11(2,3)8(7-9(15)16)14-10(17)12(4,5)13-6/h8,13H,7H2,1-6H3,(H,14,17)(H,15,16). The van der Waals surface area contributed by atoms with Gasteiger partial charge in [0.25, 0.3) is 0 Å². The lowest BCUT2D eigenvalue weighted by atomic mass is 9.84. The van der Waals surface area contributed by atoms with Crippen LogP contribution in [0.3, 0.4) is 0 Å². The van der Waals surface area contributed by atoms with Gasteiger partial charge in [0, 0.05) is 6.04 Å². The number of hydrogen-bond donors (Lipinski definition) is 3. The Morgan fingerprint density at radius 3 is 1.94 bits per heavy atom. The van der Waals surface area contributed by atoms with E-state index in [0.717, 1.165) is 0 Å². The molecular weight excluding hydrogens is 220 g/mol. The Labute approximate surface area is 103 Å². The molecule has 0 aliphatic heterocycles. The van der Waals surface area contributed by atoms with Gasteiger partial charge in [-0.2, -0.15) is 0 Å². The van der Waals surface area contributed by atoms with Crippen molar-refractivity contribution in [1.82, 2.24) is 10.6 Å². The first-order chi connectivity index (χ1) is 7.50. The summed E-state index contributed by atoms with van der Waals surface area (Å²) < 4.78 is 0. The third-order valence-corrected chi connectivity index (χ3v) is 2.92. The summed E-state index contributed by atoms with van der Waals surface area (Å²) in [7, 11) is 1.70. The molecule has 17 heavy (non-hydrogen) atoms. The van der Waals surface area contributed by atoms with Crippen LogP contribution in [0, 0.1) is 5.41 Å². The first kappa shape index (κ1) is 15.9. The van der Waals surface area contributed by atoms with Crippen LogP contribution in [0.25, 0.3) is 0 Å². The highest BCUT2D eigenvalue weighted by Crippen LogP contribution is 2.22. The summed E-state index contributed by atoms with van der Waals surface area (Å²) >= 11 is 0. The monoisotopic (exact) mass is 244 g/mol. The van der Waals surface area contributed by atoms with E-state index >= 15 is 0 Å². The van der Waals surface area contributed by atoms with Crippen molar-refractivity contribution in [3.05, 3.63) is 0 Å². The highest BCUT2D eigenvalue weighted by Gasteiger charge is 2.33. The maximum Gasteiger partial charge on any atom is 0.305 e. The Morgan fingerprint density at radius 2 is 1.65 bits per heavy atom. The highest BCUT2D eigenvalue weighted by atomic mass is 16.4. The molecule has 100 valence electrons. The van der Waals surface area contributed by atoms with Gasteiger partial charge in [0.15, 0.2) is 0 Å². The summed E-state index contributed by atoms with van der Waals surface area (Å²) in [5.41, 5.74) is -1.00. The Bertz CT molecular complexity index is 293. The first-order valence-corrected chi connectivity index (χ1v) is 5.72. The minimum Gasteiger partial charge on any atom is -0.481 e. The lowest BCUT2D eigenvalue weighted by Gasteiger charge is -2.33. The SMILES string of the molecule is CNC(C)(C)C(=O)NC(CC(=O)O)C(C)(C)C. The molecule has 0 saturated carbocycles. The third kappa shape index (κ3) is 5.17. The highest BCUT2D eigenvalue weighted by molar-refractivity contribution is 5.86. The van der Waals surface area contributed by atoms with E-state index in [1.165, 1.54) is 0 Å². The van der Waals surface area contributed by atoms with Crippen molar-refractivity contribution in [2.45, 2.75) is 52.6 Å². The van der Waals surface area contributed by atoms with E-state index in [9.17, 15) is 9.59 Å². The second kappa shape index (κ2) is 5.49. The lowest BCUT2D eigenvalue weighted by Crippen LogP contribution is -2.56. The van der Waals surface area contributed by atoms with Crippen LogP contribution >= 0.6 is 0 Å². The Morgan fingerprint density at radius 1 is 1.18 bits per heavy atom. The van der Waals surface area contributed by atoms with Crippen LogP contribution in [0.4, 0.5) is 0 Å². The molecule has 0 spiro atoms. The number of nitrogens with one attached hydrogen (secondary N) is 2. The number of carbonyl (C=O) groups excluding carboxylic acids is 1.